The quantitative estimate of drug-likeness (QED) is 0.0576. The van der Waals surface area contributed by atoms with Crippen LogP contribution in [0.4, 0.5) is 5.69 Å². The molecule has 40 heavy (non-hydrogen) atoms. The number of nitrogens with two attached hydrogens (primary N) is 2. The van der Waals surface area contributed by atoms with Crippen molar-refractivity contribution >= 4 is 39.4 Å². The number of hydrogen-bond donors (Lipinski definition) is 5. The molecule has 0 fully saturated rings. The van der Waals surface area contributed by atoms with E-state index in [4.69, 9.17) is 11.5 Å². The first kappa shape index (κ1) is 31.6. The zero-order chi connectivity index (χ0) is 29.7. The van der Waals surface area contributed by atoms with Crippen LogP contribution >= 0.6 is 0 Å². The summed E-state index contributed by atoms with van der Waals surface area (Å²) >= 11 is 0. The van der Waals surface area contributed by atoms with Gasteiger partial charge in [-0.25, -0.2) is 23.3 Å². The molecule has 0 spiro atoms. The number of hydrogen-bond acceptors (Lipinski definition) is 8. The molecule has 0 aliphatic heterocycles. The van der Waals surface area contributed by atoms with Crippen molar-refractivity contribution in [3.05, 3.63) is 76.3 Å². The molecule has 2 rings (SSSR count). The van der Waals surface area contributed by atoms with Crippen LogP contribution in [0.1, 0.15) is 18.4 Å². The van der Waals surface area contributed by atoms with Crippen LogP contribution in [0.3, 0.4) is 0 Å². The van der Waals surface area contributed by atoms with E-state index in [1.165, 1.54) is 24.3 Å². The van der Waals surface area contributed by atoms with Crippen LogP contribution in [0.2, 0.25) is 0 Å². The highest BCUT2D eigenvalue weighted by Crippen LogP contribution is 2.16. The van der Waals surface area contributed by atoms with Crippen LogP contribution in [0.15, 0.2) is 65.7 Å². The maximum absolute atomic E-state index is 13.2. The third-order valence-corrected chi connectivity index (χ3v) is 6.04. The molecule has 0 unspecified atom stereocenters. The summed E-state index contributed by atoms with van der Waals surface area (Å²) in [6.07, 6.45) is 1.05. The topological polar surface area (TPSA) is 232 Å². The summed E-state index contributed by atoms with van der Waals surface area (Å²) in [5, 5.41) is 15.9. The fourth-order valence-electron chi connectivity index (χ4n) is 3.61. The molecule has 2 atom stereocenters. The van der Waals surface area contributed by atoms with E-state index < -0.39 is 51.4 Å². The Balaban J connectivity index is 2.14. The van der Waals surface area contributed by atoms with E-state index in [0.29, 0.717) is 10.6 Å². The van der Waals surface area contributed by atoms with Crippen molar-refractivity contribution in [1.82, 2.24) is 15.4 Å². The van der Waals surface area contributed by atoms with Crippen molar-refractivity contribution in [3.63, 3.8) is 0 Å². The molecule has 15 nitrogen and oxygen atoms in total. The predicted octanol–water partition coefficient (Wildman–Crippen LogP) is -0.974. The number of rotatable bonds is 15. The first-order valence-corrected chi connectivity index (χ1v) is 13.9. The molecular formula is C24H32N8O7S. The van der Waals surface area contributed by atoms with Crippen LogP contribution in [0, 0.1) is 10.1 Å². The lowest BCUT2D eigenvalue weighted by Crippen LogP contribution is -2.54. The molecule has 0 aliphatic carbocycles. The second kappa shape index (κ2) is 15.1. The van der Waals surface area contributed by atoms with E-state index in [1.54, 1.807) is 36.4 Å². The van der Waals surface area contributed by atoms with Gasteiger partial charge in [0, 0.05) is 6.54 Å². The van der Waals surface area contributed by atoms with E-state index in [1.807, 2.05) is 0 Å². The van der Waals surface area contributed by atoms with Gasteiger partial charge in [0.25, 0.3) is 0 Å². The lowest BCUT2D eigenvalue weighted by molar-refractivity contribution is -0.484. The lowest BCUT2D eigenvalue weighted by atomic mass is 10.1. The van der Waals surface area contributed by atoms with Crippen LogP contribution in [-0.2, 0) is 30.8 Å². The smallest absolute Gasteiger partial charge is 0.311 e. The number of anilines is 1. The largest absolute Gasteiger partial charge is 0.370 e. The number of nitrogens with zero attached hydrogens (tertiary/aromatic N) is 3. The number of carbonyl (C=O) groups is 3. The molecule has 0 saturated carbocycles. The minimum Gasteiger partial charge on any atom is -0.370 e. The van der Waals surface area contributed by atoms with E-state index >= 15 is 0 Å². The van der Waals surface area contributed by atoms with Gasteiger partial charge in [0.2, 0.25) is 21.8 Å². The first-order chi connectivity index (χ1) is 18.9. The third kappa shape index (κ3) is 11.0. The van der Waals surface area contributed by atoms with Gasteiger partial charge < -0.3 is 22.1 Å². The Morgan fingerprint density at radius 2 is 1.62 bits per heavy atom. The summed E-state index contributed by atoms with van der Waals surface area (Å²) in [4.78, 5) is 54.2. The summed E-state index contributed by atoms with van der Waals surface area (Å²) < 4.78 is 25.8. The number of aliphatic imine (C=N–C) groups is 1. The number of sulfonamides is 1. The Morgan fingerprint density at radius 3 is 2.17 bits per heavy atom. The molecule has 0 aliphatic rings. The Labute approximate surface area is 231 Å². The highest BCUT2D eigenvalue weighted by Gasteiger charge is 2.34. The lowest BCUT2D eigenvalue weighted by Gasteiger charge is -2.21. The Kier molecular flexibility index (Phi) is 12.0. The standard InChI is InChI=1S/C24H32N8O7S/c1-40(38,39)30-20(15-17-9-4-2-5-10-17)22(34)28-16-21(33)29-19(13-8-14-27-24(25)26)23(35)31(32(36)37)18-11-6-3-7-12-18/h2-7,9-12,19-20,30H,8,13-16H2,1H3,(H,28,34)(H,29,33)(H4,25,26,27)/t19-,20+/m0/s1. The number of carbonyl (C=O) groups excluding carboxylic acids is 3. The summed E-state index contributed by atoms with van der Waals surface area (Å²) in [5.41, 5.74) is 11.3. The number of nitro groups is 1. The van der Waals surface area contributed by atoms with E-state index in [9.17, 15) is 32.9 Å². The Hall–Kier alpha value is -4.57. The van der Waals surface area contributed by atoms with Gasteiger partial charge in [-0.3, -0.25) is 19.4 Å². The van der Waals surface area contributed by atoms with Crippen LogP contribution in [0.5, 0.6) is 0 Å². The van der Waals surface area contributed by atoms with Gasteiger partial charge in [-0.2, -0.15) is 0 Å². The second-order valence-corrected chi connectivity index (χ2v) is 10.4. The van der Waals surface area contributed by atoms with Gasteiger partial charge in [-0.15, -0.1) is 0 Å². The molecular weight excluding hydrogens is 544 g/mol. The van der Waals surface area contributed by atoms with Crippen LogP contribution in [0.25, 0.3) is 0 Å². The zero-order valence-electron chi connectivity index (χ0n) is 21.7. The maximum Gasteiger partial charge on any atom is 0.311 e. The van der Waals surface area contributed by atoms with Crippen molar-refractivity contribution in [2.75, 3.05) is 24.4 Å². The molecule has 2 aromatic carbocycles. The second-order valence-electron chi connectivity index (χ2n) is 8.64. The Bertz CT molecular complexity index is 1300. The van der Waals surface area contributed by atoms with Crippen molar-refractivity contribution in [2.45, 2.75) is 31.3 Å². The molecule has 0 heterocycles. The zero-order valence-corrected chi connectivity index (χ0v) is 22.5. The monoisotopic (exact) mass is 576 g/mol. The van der Waals surface area contributed by atoms with Crippen LogP contribution < -0.4 is 31.8 Å². The number of benzene rings is 2. The van der Waals surface area contributed by atoms with Crippen molar-refractivity contribution in [2.24, 2.45) is 16.5 Å². The van der Waals surface area contributed by atoms with Gasteiger partial charge in [-0.05, 0) is 42.0 Å². The average Bonchev–Trinajstić information content (AvgIpc) is 2.88. The highest BCUT2D eigenvalue weighted by atomic mass is 32.2. The summed E-state index contributed by atoms with van der Waals surface area (Å²) in [6.45, 7) is -0.530. The van der Waals surface area contributed by atoms with E-state index in [-0.39, 0.29) is 37.5 Å². The highest BCUT2D eigenvalue weighted by molar-refractivity contribution is 7.88. The van der Waals surface area contributed by atoms with Gasteiger partial charge >= 0.3 is 5.91 Å². The molecule has 3 amide bonds. The van der Waals surface area contributed by atoms with Gasteiger partial charge in [0.15, 0.2) is 11.0 Å². The number of para-hydroxylation sites is 1. The molecule has 0 aromatic heterocycles. The molecule has 7 N–H and O–H groups in total. The van der Waals surface area contributed by atoms with Crippen molar-refractivity contribution < 1.29 is 27.8 Å². The maximum atomic E-state index is 13.2. The third-order valence-electron chi connectivity index (χ3n) is 5.33. The van der Waals surface area contributed by atoms with E-state index in [0.717, 1.165) is 6.26 Å². The number of hydrazine groups is 1. The normalized spacial score (nSPS) is 12.4. The SMILES string of the molecule is CS(=O)(=O)N[C@H](Cc1ccccc1)C(=O)NCC(=O)N[C@@H](CCCN=C(N)N)C(=O)N(c1ccccc1)[N+](=O)[O-]. The minimum atomic E-state index is -3.77. The number of amides is 3. The summed E-state index contributed by atoms with van der Waals surface area (Å²) in [7, 11) is -3.77. The first-order valence-electron chi connectivity index (χ1n) is 12.0. The van der Waals surface area contributed by atoms with Crippen LogP contribution in [-0.4, -0.2) is 68.6 Å². The molecule has 0 saturated heterocycles. The van der Waals surface area contributed by atoms with Crippen molar-refractivity contribution in [3.8, 4) is 0 Å². The summed E-state index contributed by atoms with van der Waals surface area (Å²) in [5.74, 6) is -2.82. The number of nitrogens with one attached hydrogen (secondary N) is 3. The van der Waals surface area contributed by atoms with Gasteiger partial charge in [0.05, 0.1) is 12.8 Å². The predicted molar refractivity (Wildman–Crippen MR) is 148 cm³/mol. The Morgan fingerprint density at radius 1 is 1.02 bits per heavy atom. The van der Waals surface area contributed by atoms with Gasteiger partial charge in [0.1, 0.15) is 17.8 Å². The minimum absolute atomic E-state index is 0.0160. The fourth-order valence-corrected chi connectivity index (χ4v) is 4.32. The average molecular weight is 577 g/mol. The molecule has 16 heteroatoms. The van der Waals surface area contributed by atoms with Gasteiger partial charge in [-0.1, -0.05) is 48.5 Å². The molecule has 0 bridgehead atoms. The van der Waals surface area contributed by atoms with Crippen molar-refractivity contribution in [1.29, 1.82) is 0 Å². The molecule has 0 radical (unpaired) electrons. The molecule has 2 aromatic rings. The number of guanidine groups is 1. The summed E-state index contributed by atoms with van der Waals surface area (Å²) in [6, 6.07) is 13.4. The molecule has 216 valence electrons. The fraction of sp³-hybridized carbons (Fsp3) is 0.333. The van der Waals surface area contributed by atoms with E-state index in [2.05, 4.69) is 20.3 Å².